The smallest absolute Gasteiger partial charge is 0.240 e. The van der Waals surface area contributed by atoms with Crippen LogP contribution in [0.15, 0.2) is 6.20 Å². The van der Waals surface area contributed by atoms with Gasteiger partial charge in [0.15, 0.2) is 0 Å². The number of rotatable bonds is 5. The van der Waals surface area contributed by atoms with Crippen LogP contribution in [0.3, 0.4) is 0 Å². The van der Waals surface area contributed by atoms with E-state index in [2.05, 4.69) is 15.3 Å². The average molecular weight is 267 g/mol. The molecule has 1 aliphatic heterocycles. The zero-order valence-corrected chi connectivity index (χ0v) is 11.7. The summed E-state index contributed by atoms with van der Waals surface area (Å²) in [5.74, 6) is 1.46. The predicted octanol–water partition coefficient (Wildman–Crippen LogP) is 1.18. The van der Waals surface area contributed by atoms with Crippen LogP contribution in [0, 0.1) is 5.92 Å². The fourth-order valence-electron chi connectivity index (χ4n) is 2.47. The van der Waals surface area contributed by atoms with Gasteiger partial charge >= 0.3 is 0 Å². The van der Waals surface area contributed by atoms with Crippen molar-refractivity contribution in [2.75, 3.05) is 34.5 Å². The van der Waals surface area contributed by atoms with E-state index < -0.39 is 0 Å². The van der Waals surface area contributed by atoms with Crippen LogP contribution in [0.25, 0.3) is 0 Å². The van der Waals surface area contributed by atoms with Crippen molar-refractivity contribution in [1.29, 1.82) is 0 Å². The van der Waals surface area contributed by atoms with Crippen molar-refractivity contribution >= 4 is 0 Å². The van der Waals surface area contributed by atoms with E-state index in [9.17, 15) is 0 Å². The lowest BCUT2D eigenvalue weighted by atomic mass is 9.89. The second-order valence-electron chi connectivity index (χ2n) is 4.52. The lowest BCUT2D eigenvalue weighted by molar-refractivity contribution is 0.0536. The number of ether oxygens (including phenoxy) is 3. The maximum absolute atomic E-state index is 5.41. The van der Waals surface area contributed by atoms with Crippen LogP contribution in [0.2, 0.25) is 0 Å². The molecular formula is C13H21N3O3. The first kappa shape index (κ1) is 14.0. The van der Waals surface area contributed by atoms with Crippen molar-refractivity contribution in [3.63, 3.8) is 0 Å². The van der Waals surface area contributed by atoms with Gasteiger partial charge in [-0.25, -0.2) is 4.98 Å². The first-order valence-corrected chi connectivity index (χ1v) is 6.50. The zero-order valence-electron chi connectivity index (χ0n) is 11.7. The number of nitrogens with zero attached hydrogens (tertiary/aromatic N) is 2. The van der Waals surface area contributed by atoms with E-state index in [0.717, 1.165) is 31.7 Å². The average Bonchev–Trinajstić information content (AvgIpc) is 2.49. The molecule has 0 saturated carbocycles. The van der Waals surface area contributed by atoms with Gasteiger partial charge in [0.25, 0.3) is 0 Å². The quantitative estimate of drug-likeness (QED) is 0.864. The molecule has 0 aliphatic carbocycles. The number of methoxy groups -OCH3 is 2. The van der Waals surface area contributed by atoms with E-state index in [1.165, 1.54) is 0 Å². The third-order valence-corrected chi connectivity index (χ3v) is 3.49. The zero-order chi connectivity index (χ0) is 13.7. The Morgan fingerprint density at radius 1 is 1.32 bits per heavy atom. The van der Waals surface area contributed by atoms with Gasteiger partial charge < -0.3 is 19.5 Å². The summed E-state index contributed by atoms with van der Waals surface area (Å²) in [5, 5.41) is 3.32. The standard InChI is InChI=1S/C13H21N3O3/c1-14-11(9-4-6-19-7-5-9)12-13(18-3)16-10(17-2)8-15-12/h8-9,11,14H,4-7H2,1-3H3. The Kier molecular flexibility index (Phi) is 4.93. The molecule has 1 atom stereocenters. The number of hydrogen-bond acceptors (Lipinski definition) is 6. The van der Waals surface area contributed by atoms with Gasteiger partial charge in [-0.3, -0.25) is 0 Å². The highest BCUT2D eigenvalue weighted by atomic mass is 16.5. The van der Waals surface area contributed by atoms with Crippen LogP contribution in [0.4, 0.5) is 0 Å². The summed E-state index contributed by atoms with van der Waals surface area (Å²) >= 11 is 0. The second-order valence-corrected chi connectivity index (χ2v) is 4.52. The minimum atomic E-state index is 0.122. The molecule has 19 heavy (non-hydrogen) atoms. The van der Waals surface area contributed by atoms with Gasteiger partial charge in [-0.15, -0.1) is 0 Å². The van der Waals surface area contributed by atoms with E-state index in [0.29, 0.717) is 17.7 Å². The summed E-state index contributed by atoms with van der Waals surface area (Å²) in [6.07, 6.45) is 3.66. The van der Waals surface area contributed by atoms with Crippen LogP contribution in [0.5, 0.6) is 11.8 Å². The number of hydrogen-bond donors (Lipinski definition) is 1. The first-order chi connectivity index (χ1) is 9.30. The Labute approximate surface area is 113 Å². The minimum Gasteiger partial charge on any atom is -0.480 e. The number of aromatic nitrogens is 2. The number of nitrogens with one attached hydrogen (secondary N) is 1. The maximum Gasteiger partial charge on any atom is 0.240 e. The van der Waals surface area contributed by atoms with E-state index in [-0.39, 0.29) is 6.04 Å². The molecule has 1 fully saturated rings. The lowest BCUT2D eigenvalue weighted by Gasteiger charge is -2.30. The van der Waals surface area contributed by atoms with Crippen molar-refractivity contribution < 1.29 is 14.2 Å². The van der Waals surface area contributed by atoms with Crippen LogP contribution in [-0.4, -0.2) is 44.4 Å². The Morgan fingerprint density at radius 3 is 2.63 bits per heavy atom. The molecule has 106 valence electrons. The maximum atomic E-state index is 5.41. The summed E-state index contributed by atoms with van der Waals surface area (Å²) in [4.78, 5) is 8.75. The van der Waals surface area contributed by atoms with E-state index >= 15 is 0 Å². The summed E-state index contributed by atoms with van der Waals surface area (Å²) < 4.78 is 15.8. The van der Waals surface area contributed by atoms with Gasteiger partial charge in [0.2, 0.25) is 11.8 Å². The van der Waals surface area contributed by atoms with Crippen LogP contribution >= 0.6 is 0 Å². The molecule has 6 nitrogen and oxygen atoms in total. The Bertz CT molecular complexity index is 408. The molecule has 1 aromatic heterocycles. The molecule has 1 saturated heterocycles. The van der Waals surface area contributed by atoms with E-state index in [1.807, 2.05) is 7.05 Å². The van der Waals surface area contributed by atoms with Crippen LogP contribution in [0.1, 0.15) is 24.6 Å². The third-order valence-electron chi connectivity index (χ3n) is 3.49. The molecule has 0 amide bonds. The van der Waals surface area contributed by atoms with Gasteiger partial charge in [0.1, 0.15) is 5.69 Å². The molecule has 0 radical (unpaired) electrons. The van der Waals surface area contributed by atoms with Crippen LogP contribution < -0.4 is 14.8 Å². The fraction of sp³-hybridized carbons (Fsp3) is 0.692. The minimum absolute atomic E-state index is 0.122. The molecule has 1 aromatic rings. The molecule has 0 spiro atoms. The summed E-state index contributed by atoms with van der Waals surface area (Å²) in [6, 6.07) is 0.122. The van der Waals surface area contributed by atoms with Gasteiger partial charge in [-0.2, -0.15) is 4.98 Å². The van der Waals surface area contributed by atoms with Crippen molar-refractivity contribution in [3.05, 3.63) is 11.9 Å². The third kappa shape index (κ3) is 3.13. The highest BCUT2D eigenvalue weighted by Crippen LogP contribution is 2.33. The molecule has 1 unspecified atom stereocenters. The van der Waals surface area contributed by atoms with E-state index in [1.54, 1.807) is 20.4 Å². The molecule has 0 bridgehead atoms. The first-order valence-electron chi connectivity index (χ1n) is 6.50. The lowest BCUT2D eigenvalue weighted by Crippen LogP contribution is -2.31. The van der Waals surface area contributed by atoms with Crippen LogP contribution in [-0.2, 0) is 4.74 Å². The van der Waals surface area contributed by atoms with Gasteiger partial charge in [-0.1, -0.05) is 0 Å². The van der Waals surface area contributed by atoms with Gasteiger partial charge in [-0.05, 0) is 25.8 Å². The molecule has 2 heterocycles. The largest absolute Gasteiger partial charge is 0.480 e. The summed E-state index contributed by atoms with van der Waals surface area (Å²) in [5.41, 5.74) is 0.831. The molecular weight excluding hydrogens is 246 g/mol. The predicted molar refractivity (Wildman–Crippen MR) is 70.5 cm³/mol. The Morgan fingerprint density at radius 2 is 2.05 bits per heavy atom. The van der Waals surface area contributed by atoms with Crippen molar-refractivity contribution in [3.8, 4) is 11.8 Å². The fourth-order valence-corrected chi connectivity index (χ4v) is 2.47. The monoisotopic (exact) mass is 267 g/mol. The van der Waals surface area contributed by atoms with Crippen molar-refractivity contribution in [2.45, 2.75) is 18.9 Å². The Hall–Kier alpha value is -1.40. The van der Waals surface area contributed by atoms with Crippen molar-refractivity contribution in [2.24, 2.45) is 5.92 Å². The topological polar surface area (TPSA) is 65.5 Å². The molecule has 1 N–H and O–H groups in total. The molecule has 1 aliphatic rings. The molecule has 6 heteroatoms. The highest BCUT2D eigenvalue weighted by molar-refractivity contribution is 5.26. The highest BCUT2D eigenvalue weighted by Gasteiger charge is 2.28. The molecule has 0 aromatic carbocycles. The van der Waals surface area contributed by atoms with E-state index in [4.69, 9.17) is 14.2 Å². The van der Waals surface area contributed by atoms with Gasteiger partial charge in [0.05, 0.1) is 26.5 Å². The summed E-state index contributed by atoms with van der Waals surface area (Å²) in [6.45, 7) is 1.60. The normalized spacial score (nSPS) is 18.1. The SMILES string of the molecule is CNC(c1ncc(OC)nc1OC)C1CCOCC1. The van der Waals surface area contributed by atoms with Crippen molar-refractivity contribution in [1.82, 2.24) is 15.3 Å². The summed E-state index contributed by atoms with van der Waals surface area (Å²) in [7, 11) is 5.10. The Balaban J connectivity index is 2.26. The van der Waals surface area contributed by atoms with Gasteiger partial charge in [0, 0.05) is 13.2 Å². The molecule has 2 rings (SSSR count). The second kappa shape index (κ2) is 6.68.